The van der Waals surface area contributed by atoms with Crippen molar-refractivity contribution in [2.24, 2.45) is 0 Å². The fourth-order valence-corrected chi connectivity index (χ4v) is 5.52. The molecule has 14 heteroatoms. The lowest BCUT2D eigenvalue weighted by atomic mass is 10.2. The van der Waals surface area contributed by atoms with E-state index in [4.69, 9.17) is 9.47 Å². The van der Waals surface area contributed by atoms with E-state index in [-0.39, 0.29) is 21.4 Å². The largest absolute Gasteiger partial charge is 0.493 e. The predicted octanol–water partition coefficient (Wildman–Crippen LogP) is 3.59. The van der Waals surface area contributed by atoms with E-state index in [2.05, 4.69) is 20.0 Å². The maximum Gasteiger partial charge on any atom is 0.294 e. The Bertz CT molecular complexity index is 1600. The van der Waals surface area contributed by atoms with Gasteiger partial charge in [-0.25, -0.2) is 23.1 Å². The normalized spacial score (nSPS) is 14.4. The maximum absolute atomic E-state index is 12.8. The number of benzene rings is 2. The fourth-order valence-electron chi connectivity index (χ4n) is 3.74. The number of methoxy groups -OCH3 is 2. The SMILES string of the molecule is COc1ccc(C=C2SC(=O)N(CC(=O)Nc3ccc(S(=O)(=O)Nc4nc(C)cc(C)n4)cc3)C2=O)cc1OC. The zero-order valence-electron chi connectivity index (χ0n) is 21.9. The molecule has 1 aliphatic heterocycles. The van der Waals surface area contributed by atoms with Crippen molar-refractivity contribution >= 4 is 56.6 Å². The van der Waals surface area contributed by atoms with Gasteiger partial charge in [0.05, 0.1) is 24.0 Å². The van der Waals surface area contributed by atoms with Crippen molar-refractivity contribution in [3.8, 4) is 11.5 Å². The number of anilines is 2. The van der Waals surface area contributed by atoms with Gasteiger partial charge >= 0.3 is 0 Å². The first-order chi connectivity index (χ1) is 19.0. The van der Waals surface area contributed by atoms with Crippen LogP contribution in [0.25, 0.3) is 6.08 Å². The standard InChI is InChI=1S/C26H25N5O7S2/c1-15-11-16(2)28-25(27-15)30-40(35,36)19-8-6-18(7-9-19)29-23(32)14-31-24(33)22(39-26(31)34)13-17-5-10-20(37-3)21(12-17)38-4/h5-13H,14H2,1-4H3,(H,29,32)(H,27,28,30). The highest BCUT2D eigenvalue weighted by molar-refractivity contribution is 8.18. The van der Waals surface area contributed by atoms with Crippen molar-refractivity contribution in [1.82, 2.24) is 14.9 Å². The van der Waals surface area contributed by atoms with E-state index in [0.717, 1.165) is 16.7 Å². The molecule has 0 saturated carbocycles. The van der Waals surface area contributed by atoms with Crippen molar-refractivity contribution < 1.29 is 32.3 Å². The summed E-state index contributed by atoms with van der Waals surface area (Å²) in [5.41, 5.74) is 2.11. The molecule has 40 heavy (non-hydrogen) atoms. The molecule has 0 spiro atoms. The number of nitrogens with one attached hydrogen (secondary N) is 2. The monoisotopic (exact) mass is 583 g/mol. The van der Waals surface area contributed by atoms with Gasteiger partial charge in [0.1, 0.15) is 6.54 Å². The van der Waals surface area contributed by atoms with Crippen LogP contribution in [0.15, 0.2) is 58.3 Å². The summed E-state index contributed by atoms with van der Waals surface area (Å²) in [6.07, 6.45) is 1.53. The zero-order valence-corrected chi connectivity index (χ0v) is 23.6. The highest BCUT2D eigenvalue weighted by atomic mass is 32.2. The average molecular weight is 584 g/mol. The Hall–Kier alpha value is -4.43. The van der Waals surface area contributed by atoms with Crippen LogP contribution >= 0.6 is 11.8 Å². The topological polar surface area (TPSA) is 157 Å². The molecule has 1 aromatic heterocycles. The summed E-state index contributed by atoms with van der Waals surface area (Å²) in [5.74, 6) is -0.315. The number of nitrogens with zero attached hydrogens (tertiary/aromatic N) is 3. The minimum Gasteiger partial charge on any atom is -0.493 e. The van der Waals surface area contributed by atoms with Crippen molar-refractivity contribution in [2.45, 2.75) is 18.7 Å². The minimum atomic E-state index is -3.97. The lowest BCUT2D eigenvalue weighted by Crippen LogP contribution is -2.36. The molecule has 0 unspecified atom stereocenters. The molecule has 12 nitrogen and oxygen atoms in total. The van der Waals surface area contributed by atoms with E-state index in [1.807, 2.05) is 0 Å². The highest BCUT2D eigenvalue weighted by Gasteiger charge is 2.36. The molecular formula is C26H25N5O7S2. The van der Waals surface area contributed by atoms with Gasteiger partial charge in [0.2, 0.25) is 11.9 Å². The smallest absolute Gasteiger partial charge is 0.294 e. The Labute approximate surface area is 234 Å². The van der Waals surface area contributed by atoms with Crippen LogP contribution in [0, 0.1) is 13.8 Å². The van der Waals surface area contributed by atoms with Gasteiger partial charge in [-0.15, -0.1) is 0 Å². The van der Waals surface area contributed by atoms with Crippen LogP contribution in [0.5, 0.6) is 11.5 Å². The van der Waals surface area contributed by atoms with Crippen molar-refractivity contribution in [3.05, 3.63) is 70.4 Å². The van der Waals surface area contributed by atoms with E-state index < -0.39 is 33.6 Å². The van der Waals surface area contributed by atoms with E-state index in [9.17, 15) is 22.8 Å². The zero-order chi connectivity index (χ0) is 29.0. The molecule has 0 atom stereocenters. The summed E-state index contributed by atoms with van der Waals surface area (Å²) in [6.45, 7) is 2.93. The summed E-state index contributed by atoms with van der Waals surface area (Å²) in [5, 5.41) is 1.97. The van der Waals surface area contributed by atoms with Gasteiger partial charge in [-0.2, -0.15) is 0 Å². The van der Waals surface area contributed by atoms with Gasteiger partial charge in [-0.1, -0.05) is 6.07 Å². The van der Waals surface area contributed by atoms with Gasteiger partial charge < -0.3 is 14.8 Å². The number of ether oxygens (including phenoxy) is 2. The van der Waals surface area contributed by atoms with Crippen LogP contribution < -0.4 is 19.5 Å². The van der Waals surface area contributed by atoms with Crippen LogP contribution in [0.2, 0.25) is 0 Å². The number of thioether (sulfide) groups is 1. The Morgan fingerprint density at radius 2 is 1.62 bits per heavy atom. The Balaban J connectivity index is 1.40. The molecule has 0 bridgehead atoms. The van der Waals surface area contributed by atoms with Crippen LogP contribution in [0.3, 0.4) is 0 Å². The third-order valence-electron chi connectivity index (χ3n) is 5.54. The molecule has 0 radical (unpaired) electrons. The first kappa shape index (κ1) is 28.6. The summed E-state index contributed by atoms with van der Waals surface area (Å²) < 4.78 is 38.2. The first-order valence-corrected chi connectivity index (χ1v) is 14.0. The second-order valence-corrected chi connectivity index (χ2v) is 11.2. The highest BCUT2D eigenvalue weighted by Crippen LogP contribution is 2.34. The summed E-state index contributed by atoms with van der Waals surface area (Å²) in [6, 6.07) is 12.1. The number of rotatable bonds is 9. The van der Waals surface area contributed by atoms with Gasteiger partial charge in [0.25, 0.3) is 21.2 Å². The van der Waals surface area contributed by atoms with Crippen molar-refractivity contribution in [1.29, 1.82) is 0 Å². The van der Waals surface area contributed by atoms with E-state index in [0.29, 0.717) is 28.5 Å². The van der Waals surface area contributed by atoms with E-state index >= 15 is 0 Å². The molecule has 3 amide bonds. The Kier molecular flexibility index (Phi) is 8.40. The van der Waals surface area contributed by atoms with Crippen molar-refractivity contribution in [2.75, 3.05) is 30.8 Å². The summed E-state index contributed by atoms with van der Waals surface area (Å²) >= 11 is 0.718. The number of sulfonamides is 1. The fraction of sp³-hybridized carbons (Fsp3) is 0.192. The molecular weight excluding hydrogens is 558 g/mol. The third kappa shape index (κ3) is 6.58. The number of aryl methyl sites for hydroxylation is 2. The number of imide groups is 1. The van der Waals surface area contributed by atoms with Gasteiger partial charge in [-0.05, 0) is 79.7 Å². The van der Waals surface area contributed by atoms with Gasteiger partial charge in [0, 0.05) is 17.1 Å². The quantitative estimate of drug-likeness (QED) is 0.357. The average Bonchev–Trinajstić information content (AvgIpc) is 3.15. The number of aromatic nitrogens is 2. The van der Waals surface area contributed by atoms with Crippen LogP contribution in [-0.4, -0.2) is 61.1 Å². The maximum atomic E-state index is 12.8. The van der Waals surface area contributed by atoms with E-state index in [1.165, 1.54) is 44.6 Å². The number of carbonyl (C=O) groups excluding carboxylic acids is 3. The molecule has 3 aromatic rings. The Morgan fingerprint density at radius 1 is 0.975 bits per heavy atom. The second kappa shape index (κ2) is 11.8. The summed E-state index contributed by atoms with van der Waals surface area (Å²) in [7, 11) is -0.986. The van der Waals surface area contributed by atoms with Crippen LogP contribution in [0.1, 0.15) is 17.0 Å². The third-order valence-corrected chi connectivity index (χ3v) is 7.79. The molecule has 4 rings (SSSR count). The first-order valence-electron chi connectivity index (χ1n) is 11.7. The van der Waals surface area contributed by atoms with Gasteiger partial charge in [0.15, 0.2) is 11.5 Å². The van der Waals surface area contributed by atoms with Crippen molar-refractivity contribution in [3.63, 3.8) is 0 Å². The lowest BCUT2D eigenvalue weighted by Gasteiger charge is -2.13. The Morgan fingerprint density at radius 3 is 2.25 bits per heavy atom. The molecule has 0 aliphatic carbocycles. The predicted molar refractivity (Wildman–Crippen MR) is 150 cm³/mol. The summed E-state index contributed by atoms with van der Waals surface area (Å²) in [4.78, 5) is 47.0. The van der Waals surface area contributed by atoms with Gasteiger partial charge in [-0.3, -0.25) is 19.3 Å². The van der Waals surface area contributed by atoms with E-state index in [1.54, 1.807) is 38.1 Å². The number of hydrogen-bond acceptors (Lipinski definition) is 10. The van der Waals surface area contributed by atoms with Crippen LogP contribution in [-0.2, 0) is 19.6 Å². The second-order valence-electron chi connectivity index (χ2n) is 8.53. The molecule has 2 aromatic carbocycles. The molecule has 2 N–H and O–H groups in total. The number of carbonyl (C=O) groups is 3. The molecule has 1 saturated heterocycles. The lowest BCUT2D eigenvalue weighted by molar-refractivity contribution is -0.127. The minimum absolute atomic E-state index is 0.0488. The number of hydrogen-bond donors (Lipinski definition) is 2. The molecule has 1 fully saturated rings. The molecule has 2 heterocycles. The molecule has 1 aliphatic rings. The van der Waals surface area contributed by atoms with Crippen LogP contribution in [0.4, 0.5) is 16.4 Å². The molecule has 208 valence electrons. The number of amides is 3.